The van der Waals surface area contributed by atoms with Crippen molar-refractivity contribution < 1.29 is 17.9 Å². The number of anilines is 1. The van der Waals surface area contributed by atoms with E-state index in [0.29, 0.717) is 27.0 Å². The number of para-hydroxylation sites is 1. The maximum Gasteiger partial charge on any atom is 0.319 e. The Labute approximate surface area is 196 Å². The van der Waals surface area contributed by atoms with Crippen molar-refractivity contribution in [2.24, 2.45) is 0 Å². The maximum absolute atomic E-state index is 12.3. The minimum Gasteiger partial charge on any atom is -0.496 e. The van der Waals surface area contributed by atoms with E-state index in [1.807, 2.05) is 24.3 Å². The smallest absolute Gasteiger partial charge is 0.319 e. The van der Waals surface area contributed by atoms with Crippen LogP contribution >= 0.6 is 23.2 Å². The molecule has 32 heavy (non-hydrogen) atoms. The Hall–Kier alpha value is -2.78. The number of carbonyl (C=O) groups excluding carboxylic acids is 1. The van der Waals surface area contributed by atoms with E-state index in [9.17, 15) is 13.2 Å². The summed E-state index contributed by atoms with van der Waals surface area (Å²) in [6.07, 6.45) is 0. The highest BCUT2D eigenvalue weighted by Crippen LogP contribution is 2.41. The van der Waals surface area contributed by atoms with Crippen molar-refractivity contribution in [3.8, 4) is 16.9 Å². The zero-order valence-electron chi connectivity index (χ0n) is 17.3. The molecule has 0 saturated heterocycles. The van der Waals surface area contributed by atoms with Crippen molar-refractivity contribution in [1.29, 1.82) is 0 Å². The van der Waals surface area contributed by atoms with Crippen LogP contribution in [0.4, 0.5) is 10.5 Å². The second-order valence-electron chi connectivity index (χ2n) is 6.67. The van der Waals surface area contributed by atoms with Crippen LogP contribution < -0.4 is 20.1 Å². The third-order valence-electron chi connectivity index (χ3n) is 4.63. The van der Waals surface area contributed by atoms with Crippen LogP contribution in [0, 0.1) is 0 Å². The summed E-state index contributed by atoms with van der Waals surface area (Å²) >= 11 is 12.9. The molecule has 0 atom stereocenters. The molecule has 0 heterocycles. The molecule has 3 aromatic carbocycles. The van der Waals surface area contributed by atoms with Crippen LogP contribution in [0.3, 0.4) is 0 Å². The van der Waals surface area contributed by atoms with Gasteiger partial charge in [0, 0.05) is 23.4 Å². The van der Waals surface area contributed by atoms with Crippen molar-refractivity contribution in [3.63, 3.8) is 0 Å². The Morgan fingerprint density at radius 1 is 1.00 bits per heavy atom. The molecule has 3 rings (SSSR count). The van der Waals surface area contributed by atoms with Gasteiger partial charge < -0.3 is 15.4 Å². The molecule has 0 spiro atoms. The number of carbonyl (C=O) groups is 1. The number of benzene rings is 3. The Morgan fingerprint density at radius 3 is 2.22 bits per heavy atom. The summed E-state index contributed by atoms with van der Waals surface area (Å²) in [5.41, 5.74) is 2.50. The fourth-order valence-corrected chi connectivity index (χ4v) is 4.44. The second-order valence-corrected chi connectivity index (χ2v) is 9.38. The summed E-state index contributed by atoms with van der Waals surface area (Å²) < 4.78 is 31.2. The number of methoxy groups -OCH3 is 1. The predicted molar refractivity (Wildman–Crippen MR) is 127 cm³/mol. The monoisotopic (exact) mass is 493 g/mol. The maximum atomic E-state index is 12.3. The van der Waals surface area contributed by atoms with Crippen molar-refractivity contribution >= 4 is 44.9 Å². The van der Waals surface area contributed by atoms with E-state index in [1.165, 1.54) is 19.2 Å². The third kappa shape index (κ3) is 5.52. The minimum atomic E-state index is -3.51. The number of halogens is 2. The van der Waals surface area contributed by atoms with Gasteiger partial charge in [-0.05, 0) is 42.9 Å². The van der Waals surface area contributed by atoms with Crippen LogP contribution in [-0.2, 0) is 16.6 Å². The van der Waals surface area contributed by atoms with Gasteiger partial charge in [0.25, 0.3) is 0 Å². The topological polar surface area (TPSA) is 96.5 Å². The highest BCUT2D eigenvalue weighted by molar-refractivity contribution is 7.89. The number of sulfonamides is 1. The fraction of sp³-hybridized carbons (Fsp3) is 0.136. The van der Waals surface area contributed by atoms with E-state index >= 15 is 0 Å². The molecule has 0 aliphatic rings. The molecule has 168 valence electrons. The lowest BCUT2D eigenvalue weighted by Crippen LogP contribution is -2.28. The van der Waals surface area contributed by atoms with E-state index in [4.69, 9.17) is 27.9 Å². The van der Waals surface area contributed by atoms with Gasteiger partial charge >= 0.3 is 6.03 Å². The Bertz CT molecular complexity index is 1210. The zero-order chi connectivity index (χ0) is 23.3. The number of nitrogens with one attached hydrogen (secondary N) is 3. The highest BCUT2D eigenvalue weighted by atomic mass is 35.5. The lowest BCUT2D eigenvalue weighted by Gasteiger charge is -2.14. The van der Waals surface area contributed by atoms with E-state index in [-0.39, 0.29) is 11.4 Å². The number of amides is 2. The first-order chi connectivity index (χ1) is 15.2. The van der Waals surface area contributed by atoms with E-state index in [1.54, 1.807) is 31.4 Å². The number of hydrogen-bond acceptors (Lipinski definition) is 4. The molecule has 0 aromatic heterocycles. The second kappa shape index (κ2) is 10.2. The molecule has 0 unspecified atom stereocenters. The van der Waals surface area contributed by atoms with Crippen LogP contribution in [-0.4, -0.2) is 28.6 Å². The standard InChI is InChI=1S/C22H21Cl2N3O4S/c1-25-32(29,30)16-9-7-14(8-10-16)13-26-22(28)27-15-11-18(23)21(19(24)12-15)17-5-3-4-6-20(17)31-2/h3-12,25H,13H2,1-2H3,(H2,26,27,28). The van der Waals surface area contributed by atoms with E-state index in [0.717, 1.165) is 11.1 Å². The van der Waals surface area contributed by atoms with Gasteiger partial charge in [-0.3, -0.25) is 0 Å². The summed E-state index contributed by atoms with van der Waals surface area (Å²) in [6, 6.07) is 16.3. The zero-order valence-corrected chi connectivity index (χ0v) is 19.6. The highest BCUT2D eigenvalue weighted by Gasteiger charge is 2.15. The van der Waals surface area contributed by atoms with Crippen molar-refractivity contribution in [2.45, 2.75) is 11.4 Å². The van der Waals surface area contributed by atoms with Crippen molar-refractivity contribution in [3.05, 3.63) is 76.3 Å². The predicted octanol–water partition coefficient (Wildman–Crippen LogP) is 4.90. The van der Waals surface area contributed by atoms with Crippen LogP contribution in [0.25, 0.3) is 11.1 Å². The normalized spacial score (nSPS) is 11.1. The van der Waals surface area contributed by atoms with E-state index in [2.05, 4.69) is 15.4 Å². The molecule has 7 nitrogen and oxygen atoms in total. The average Bonchev–Trinajstić information content (AvgIpc) is 2.78. The van der Waals surface area contributed by atoms with Gasteiger partial charge in [-0.1, -0.05) is 53.5 Å². The summed E-state index contributed by atoms with van der Waals surface area (Å²) in [4.78, 5) is 12.4. The van der Waals surface area contributed by atoms with Gasteiger partial charge in [0.05, 0.1) is 22.1 Å². The Balaban J connectivity index is 1.68. The Morgan fingerprint density at radius 2 is 1.62 bits per heavy atom. The van der Waals surface area contributed by atoms with Crippen LogP contribution in [0.2, 0.25) is 10.0 Å². The minimum absolute atomic E-state index is 0.146. The van der Waals surface area contributed by atoms with Crippen LogP contribution in [0.1, 0.15) is 5.56 Å². The van der Waals surface area contributed by atoms with Gasteiger partial charge in [0.15, 0.2) is 0 Å². The number of ether oxygens (including phenoxy) is 1. The van der Waals surface area contributed by atoms with Crippen molar-refractivity contribution in [1.82, 2.24) is 10.0 Å². The molecule has 3 N–H and O–H groups in total. The summed E-state index contributed by atoms with van der Waals surface area (Å²) in [5.74, 6) is 0.628. The summed E-state index contributed by atoms with van der Waals surface area (Å²) in [6.45, 7) is 0.201. The molecule has 0 saturated carbocycles. The summed E-state index contributed by atoms with van der Waals surface area (Å²) in [5, 5.41) is 6.11. The lowest BCUT2D eigenvalue weighted by molar-refractivity contribution is 0.251. The fourth-order valence-electron chi connectivity index (χ4n) is 3.02. The first-order valence-corrected chi connectivity index (χ1v) is 11.7. The quantitative estimate of drug-likeness (QED) is 0.436. The molecular weight excluding hydrogens is 473 g/mol. The SMILES string of the molecule is CNS(=O)(=O)c1ccc(CNC(=O)Nc2cc(Cl)c(-c3ccccc3OC)c(Cl)c2)cc1. The van der Waals surface area contributed by atoms with Crippen LogP contribution in [0.5, 0.6) is 5.75 Å². The third-order valence-corrected chi connectivity index (χ3v) is 6.66. The lowest BCUT2D eigenvalue weighted by atomic mass is 10.0. The van der Waals surface area contributed by atoms with Gasteiger partial charge in [-0.2, -0.15) is 0 Å². The van der Waals surface area contributed by atoms with Crippen molar-refractivity contribution in [2.75, 3.05) is 19.5 Å². The number of rotatable bonds is 7. The molecule has 3 aromatic rings. The van der Waals surface area contributed by atoms with Crippen LogP contribution in [0.15, 0.2) is 65.6 Å². The number of urea groups is 1. The first-order valence-electron chi connectivity index (χ1n) is 9.45. The molecule has 0 bridgehead atoms. The molecule has 0 radical (unpaired) electrons. The molecule has 0 aliphatic carbocycles. The van der Waals surface area contributed by atoms with E-state index < -0.39 is 16.1 Å². The van der Waals surface area contributed by atoms with Gasteiger partial charge in [0.2, 0.25) is 10.0 Å². The first kappa shape index (κ1) is 23.9. The molecule has 10 heteroatoms. The van der Waals surface area contributed by atoms with Gasteiger partial charge in [-0.15, -0.1) is 0 Å². The molecular formula is C22H21Cl2N3O4S. The Kier molecular flexibility index (Phi) is 7.63. The largest absolute Gasteiger partial charge is 0.496 e. The average molecular weight is 494 g/mol. The molecule has 0 fully saturated rings. The molecule has 0 aliphatic heterocycles. The summed E-state index contributed by atoms with van der Waals surface area (Å²) in [7, 11) is -0.598. The number of hydrogen-bond donors (Lipinski definition) is 3. The van der Waals surface area contributed by atoms with Gasteiger partial charge in [0.1, 0.15) is 5.75 Å². The van der Waals surface area contributed by atoms with Gasteiger partial charge in [-0.25, -0.2) is 17.9 Å². The molecule has 2 amide bonds.